The van der Waals surface area contributed by atoms with Crippen molar-refractivity contribution in [2.24, 2.45) is 0 Å². The first-order valence-electron chi connectivity index (χ1n) is 7.32. The largest absolute Gasteiger partial charge is 0.480 e. The lowest BCUT2D eigenvalue weighted by atomic mass is 10.0. The third-order valence-corrected chi connectivity index (χ3v) is 4.00. The number of amides is 1. The molecule has 0 aliphatic carbocycles. The van der Waals surface area contributed by atoms with E-state index in [0.717, 1.165) is 16.7 Å². The molecule has 112 valence electrons. The van der Waals surface area contributed by atoms with Crippen LogP contribution in [-0.4, -0.2) is 27.9 Å². The van der Waals surface area contributed by atoms with E-state index in [-0.39, 0.29) is 5.91 Å². The molecule has 0 saturated carbocycles. The first-order chi connectivity index (χ1) is 10.6. The number of carboxylic acid groups (broad SMARTS) is 1. The number of hydrogen-bond acceptors (Lipinski definition) is 2. The lowest BCUT2D eigenvalue weighted by Crippen LogP contribution is -2.37. The fraction of sp³-hybridized carbons (Fsp3) is 0.222. The Morgan fingerprint density at radius 1 is 1.09 bits per heavy atom. The molecule has 2 aromatic rings. The summed E-state index contributed by atoms with van der Waals surface area (Å²) in [6.45, 7) is 0.344. The van der Waals surface area contributed by atoms with Gasteiger partial charge < -0.3 is 10.0 Å². The van der Waals surface area contributed by atoms with Gasteiger partial charge in [0.05, 0.1) is 0 Å². The molecular formula is C18H17NO3. The lowest BCUT2D eigenvalue weighted by Gasteiger charge is -2.22. The number of carbonyl (C=O) groups excluding carboxylic acids is 1. The van der Waals surface area contributed by atoms with Gasteiger partial charge in [0, 0.05) is 13.0 Å². The van der Waals surface area contributed by atoms with E-state index in [2.05, 4.69) is 0 Å². The van der Waals surface area contributed by atoms with Crippen LogP contribution in [0.5, 0.6) is 0 Å². The number of carboxylic acids is 1. The van der Waals surface area contributed by atoms with Crippen molar-refractivity contribution < 1.29 is 14.7 Å². The quantitative estimate of drug-likeness (QED) is 0.943. The van der Waals surface area contributed by atoms with Crippen LogP contribution in [0.1, 0.15) is 18.4 Å². The van der Waals surface area contributed by atoms with Gasteiger partial charge in [0.2, 0.25) is 5.91 Å². The van der Waals surface area contributed by atoms with Crippen LogP contribution >= 0.6 is 0 Å². The molecular weight excluding hydrogens is 278 g/mol. The summed E-state index contributed by atoms with van der Waals surface area (Å²) in [6, 6.07) is 17.2. The molecule has 0 aromatic heterocycles. The molecule has 0 bridgehead atoms. The highest BCUT2D eigenvalue weighted by molar-refractivity contribution is 5.87. The number of likely N-dealkylation sites (tertiary alicyclic amines) is 1. The summed E-state index contributed by atoms with van der Waals surface area (Å²) in [7, 11) is 0. The topological polar surface area (TPSA) is 57.6 Å². The SMILES string of the molecule is O=C(O)C1CCC(=O)N1Cc1cccc(-c2ccccc2)c1. The molecule has 1 amide bonds. The van der Waals surface area contributed by atoms with E-state index in [1.54, 1.807) is 0 Å². The van der Waals surface area contributed by atoms with Gasteiger partial charge in [-0.25, -0.2) is 4.79 Å². The summed E-state index contributed by atoms with van der Waals surface area (Å²) in [5, 5.41) is 9.22. The average molecular weight is 295 g/mol. The molecule has 0 radical (unpaired) electrons. The fourth-order valence-corrected chi connectivity index (χ4v) is 2.87. The average Bonchev–Trinajstić information content (AvgIpc) is 2.90. The summed E-state index contributed by atoms with van der Waals surface area (Å²) in [5.41, 5.74) is 3.12. The number of carbonyl (C=O) groups is 2. The van der Waals surface area contributed by atoms with Gasteiger partial charge in [-0.2, -0.15) is 0 Å². The van der Waals surface area contributed by atoms with Crippen LogP contribution in [-0.2, 0) is 16.1 Å². The number of nitrogens with zero attached hydrogens (tertiary/aromatic N) is 1. The van der Waals surface area contributed by atoms with E-state index in [1.165, 1.54) is 4.90 Å². The van der Waals surface area contributed by atoms with Gasteiger partial charge in [-0.3, -0.25) is 4.79 Å². The van der Waals surface area contributed by atoms with Crippen molar-refractivity contribution in [1.82, 2.24) is 4.90 Å². The van der Waals surface area contributed by atoms with Gasteiger partial charge in [-0.15, -0.1) is 0 Å². The molecule has 1 saturated heterocycles. The Morgan fingerprint density at radius 2 is 1.82 bits per heavy atom. The molecule has 1 heterocycles. The number of hydrogen-bond donors (Lipinski definition) is 1. The van der Waals surface area contributed by atoms with E-state index in [4.69, 9.17) is 0 Å². The number of benzene rings is 2. The Balaban J connectivity index is 1.84. The highest BCUT2D eigenvalue weighted by atomic mass is 16.4. The molecule has 1 aliphatic heterocycles. The molecule has 4 heteroatoms. The predicted octanol–water partition coefficient (Wildman–Crippen LogP) is 2.93. The van der Waals surface area contributed by atoms with Crippen LogP contribution < -0.4 is 0 Å². The van der Waals surface area contributed by atoms with Crippen molar-refractivity contribution in [3.63, 3.8) is 0 Å². The molecule has 1 unspecified atom stereocenters. The van der Waals surface area contributed by atoms with Gasteiger partial charge in [-0.05, 0) is 29.2 Å². The molecule has 1 N–H and O–H groups in total. The Labute approximate surface area is 129 Å². The van der Waals surface area contributed by atoms with Gasteiger partial charge in [0.15, 0.2) is 0 Å². The van der Waals surface area contributed by atoms with Gasteiger partial charge in [0.1, 0.15) is 6.04 Å². The Kier molecular flexibility index (Phi) is 3.92. The smallest absolute Gasteiger partial charge is 0.326 e. The minimum atomic E-state index is -0.926. The standard InChI is InChI=1S/C18H17NO3/c20-17-10-9-16(18(21)22)19(17)12-13-5-4-8-15(11-13)14-6-2-1-3-7-14/h1-8,11,16H,9-10,12H2,(H,21,22). The fourth-order valence-electron chi connectivity index (χ4n) is 2.87. The molecule has 1 aliphatic rings. The number of rotatable bonds is 4. The van der Waals surface area contributed by atoms with E-state index < -0.39 is 12.0 Å². The van der Waals surface area contributed by atoms with Crippen LogP contribution in [0.3, 0.4) is 0 Å². The first kappa shape index (κ1) is 14.3. The maximum absolute atomic E-state index is 11.9. The summed E-state index contributed by atoms with van der Waals surface area (Å²) < 4.78 is 0. The third-order valence-electron chi connectivity index (χ3n) is 4.00. The van der Waals surface area contributed by atoms with E-state index in [0.29, 0.717) is 19.4 Å². The monoisotopic (exact) mass is 295 g/mol. The van der Waals surface area contributed by atoms with Crippen molar-refractivity contribution in [2.45, 2.75) is 25.4 Å². The highest BCUT2D eigenvalue weighted by Gasteiger charge is 2.35. The Bertz CT molecular complexity index is 696. The molecule has 1 atom stereocenters. The normalized spacial score (nSPS) is 17.7. The van der Waals surface area contributed by atoms with Crippen LogP contribution in [0.4, 0.5) is 0 Å². The molecule has 0 spiro atoms. The van der Waals surface area contributed by atoms with E-state index >= 15 is 0 Å². The zero-order chi connectivity index (χ0) is 15.5. The maximum Gasteiger partial charge on any atom is 0.326 e. The predicted molar refractivity (Wildman–Crippen MR) is 83.1 cm³/mol. The third kappa shape index (κ3) is 2.86. The minimum Gasteiger partial charge on any atom is -0.480 e. The first-order valence-corrected chi connectivity index (χ1v) is 7.32. The van der Waals surface area contributed by atoms with E-state index in [9.17, 15) is 14.7 Å². The van der Waals surface area contributed by atoms with Crippen molar-refractivity contribution in [1.29, 1.82) is 0 Å². The van der Waals surface area contributed by atoms with E-state index in [1.807, 2.05) is 54.6 Å². The molecule has 22 heavy (non-hydrogen) atoms. The number of aliphatic carboxylic acids is 1. The second kappa shape index (κ2) is 6.02. The zero-order valence-corrected chi connectivity index (χ0v) is 12.1. The van der Waals surface area contributed by atoms with Crippen LogP contribution in [0.25, 0.3) is 11.1 Å². The van der Waals surface area contributed by atoms with Crippen molar-refractivity contribution >= 4 is 11.9 Å². The van der Waals surface area contributed by atoms with Crippen LogP contribution in [0, 0.1) is 0 Å². The summed E-state index contributed by atoms with van der Waals surface area (Å²) in [6.07, 6.45) is 0.710. The van der Waals surface area contributed by atoms with Gasteiger partial charge >= 0.3 is 5.97 Å². The lowest BCUT2D eigenvalue weighted by molar-refractivity contribution is -0.146. The van der Waals surface area contributed by atoms with Crippen molar-refractivity contribution in [2.75, 3.05) is 0 Å². The summed E-state index contributed by atoms with van der Waals surface area (Å²) >= 11 is 0. The second-order valence-electron chi connectivity index (χ2n) is 5.48. The van der Waals surface area contributed by atoms with Gasteiger partial charge in [0.25, 0.3) is 0 Å². The zero-order valence-electron chi connectivity index (χ0n) is 12.1. The summed E-state index contributed by atoms with van der Waals surface area (Å²) in [5.74, 6) is -1.01. The Morgan fingerprint density at radius 3 is 2.55 bits per heavy atom. The van der Waals surface area contributed by atoms with Crippen molar-refractivity contribution in [3.8, 4) is 11.1 Å². The highest BCUT2D eigenvalue weighted by Crippen LogP contribution is 2.24. The van der Waals surface area contributed by atoms with Gasteiger partial charge in [-0.1, -0.05) is 48.5 Å². The molecule has 2 aromatic carbocycles. The maximum atomic E-state index is 11.9. The Hall–Kier alpha value is -2.62. The summed E-state index contributed by atoms with van der Waals surface area (Å²) in [4.78, 5) is 24.6. The molecule has 1 fully saturated rings. The van der Waals surface area contributed by atoms with Crippen molar-refractivity contribution in [3.05, 3.63) is 60.2 Å². The van der Waals surface area contributed by atoms with Crippen LogP contribution in [0.15, 0.2) is 54.6 Å². The minimum absolute atomic E-state index is 0.0856. The molecule has 4 nitrogen and oxygen atoms in total. The second-order valence-corrected chi connectivity index (χ2v) is 5.48. The van der Waals surface area contributed by atoms with Crippen LogP contribution in [0.2, 0.25) is 0 Å². The molecule has 3 rings (SSSR count).